The van der Waals surface area contributed by atoms with Crippen molar-refractivity contribution in [2.24, 2.45) is 0 Å². The van der Waals surface area contributed by atoms with Crippen LogP contribution >= 0.6 is 0 Å². The molecule has 0 unspecified atom stereocenters. The number of carbonyl (C=O) groups is 1. The molecule has 1 aliphatic rings. The van der Waals surface area contributed by atoms with E-state index in [-0.39, 0.29) is 23.6 Å². The normalized spacial score (nSPS) is 15.9. The summed E-state index contributed by atoms with van der Waals surface area (Å²) in [5, 5.41) is 3.11. The average molecular weight is 408 g/mol. The molecule has 0 spiro atoms. The van der Waals surface area contributed by atoms with Crippen LogP contribution in [0.5, 0.6) is 0 Å². The van der Waals surface area contributed by atoms with Crippen LogP contribution in [0.25, 0.3) is 11.4 Å². The molecule has 0 bridgehead atoms. The third kappa shape index (κ3) is 5.63. The van der Waals surface area contributed by atoms with E-state index in [1.807, 2.05) is 4.90 Å². The van der Waals surface area contributed by atoms with Gasteiger partial charge in [0.15, 0.2) is 11.5 Å². The van der Waals surface area contributed by atoms with Crippen LogP contribution in [0.1, 0.15) is 18.5 Å². The second kappa shape index (κ2) is 8.73. The van der Waals surface area contributed by atoms with E-state index < -0.39 is 11.9 Å². The Kier molecular flexibility index (Phi) is 6.31. The molecular formula is C19H23F3N6O. The Morgan fingerprint density at radius 1 is 1.21 bits per heavy atom. The van der Waals surface area contributed by atoms with Crippen molar-refractivity contribution in [2.45, 2.75) is 25.1 Å². The van der Waals surface area contributed by atoms with Crippen molar-refractivity contribution in [3.05, 3.63) is 36.3 Å². The van der Waals surface area contributed by atoms with E-state index in [1.165, 1.54) is 12.4 Å². The molecule has 1 N–H and O–H groups in total. The zero-order valence-electron chi connectivity index (χ0n) is 16.3. The third-order valence-corrected chi connectivity index (χ3v) is 4.75. The van der Waals surface area contributed by atoms with Crippen LogP contribution in [-0.2, 0) is 11.0 Å². The van der Waals surface area contributed by atoms with Crippen molar-refractivity contribution in [1.82, 2.24) is 24.8 Å². The topological polar surface area (TPSA) is 74.2 Å². The van der Waals surface area contributed by atoms with E-state index in [9.17, 15) is 18.0 Å². The molecule has 156 valence electrons. The van der Waals surface area contributed by atoms with E-state index >= 15 is 0 Å². The highest BCUT2D eigenvalue weighted by molar-refractivity contribution is 5.77. The third-order valence-electron chi connectivity index (χ3n) is 4.75. The molecule has 3 rings (SSSR count). The average Bonchev–Trinajstić information content (AvgIpc) is 2.69. The van der Waals surface area contributed by atoms with Crippen LogP contribution in [-0.4, -0.2) is 70.4 Å². The van der Waals surface area contributed by atoms with E-state index in [2.05, 4.69) is 20.3 Å². The Morgan fingerprint density at radius 3 is 2.45 bits per heavy atom. The molecule has 3 heterocycles. The number of likely N-dealkylation sites (N-methyl/N-ethyl adjacent to an activating group) is 1. The summed E-state index contributed by atoms with van der Waals surface area (Å²) in [6.45, 7) is 1.72. The number of nitrogens with zero attached hydrogens (tertiary/aromatic N) is 5. The molecule has 1 fully saturated rings. The highest BCUT2D eigenvalue weighted by Gasteiger charge is 2.34. The number of nitrogens with one attached hydrogen (secondary N) is 1. The SMILES string of the molecule is CN(C)C(=O)CN1CCC(Nc2cc(C(F)(F)F)nc(-c3ccncc3)n2)CC1. The van der Waals surface area contributed by atoms with Gasteiger partial charge in [0.05, 0.1) is 6.54 Å². The lowest BCUT2D eigenvalue weighted by Gasteiger charge is -2.32. The van der Waals surface area contributed by atoms with Crippen LogP contribution in [0, 0.1) is 0 Å². The molecule has 0 radical (unpaired) electrons. The molecule has 2 aromatic rings. The van der Waals surface area contributed by atoms with Gasteiger partial charge in [0.2, 0.25) is 5.91 Å². The highest BCUT2D eigenvalue weighted by atomic mass is 19.4. The molecule has 7 nitrogen and oxygen atoms in total. The zero-order chi connectivity index (χ0) is 21.0. The first-order valence-electron chi connectivity index (χ1n) is 9.28. The molecule has 1 saturated heterocycles. The second-order valence-electron chi connectivity index (χ2n) is 7.18. The summed E-state index contributed by atoms with van der Waals surface area (Å²) < 4.78 is 39.9. The standard InChI is InChI=1S/C19H23F3N6O/c1-27(2)17(29)12-28-9-5-14(6-10-28)24-16-11-15(19(20,21)22)25-18(26-16)13-3-7-23-8-4-13/h3-4,7-8,11,14H,5-6,9-10,12H2,1-2H3,(H,24,25,26). The van der Waals surface area contributed by atoms with Gasteiger partial charge in [0.25, 0.3) is 0 Å². The van der Waals surface area contributed by atoms with Crippen molar-refractivity contribution in [3.63, 3.8) is 0 Å². The lowest BCUT2D eigenvalue weighted by atomic mass is 10.0. The number of rotatable bonds is 5. The van der Waals surface area contributed by atoms with Gasteiger partial charge in [-0.05, 0) is 25.0 Å². The second-order valence-corrected chi connectivity index (χ2v) is 7.18. The number of pyridine rings is 1. The Morgan fingerprint density at radius 2 is 1.86 bits per heavy atom. The summed E-state index contributed by atoms with van der Waals surface area (Å²) >= 11 is 0. The van der Waals surface area contributed by atoms with Crippen LogP contribution in [0.3, 0.4) is 0 Å². The Labute approximate surface area is 167 Å². The van der Waals surface area contributed by atoms with Crippen LogP contribution in [0.15, 0.2) is 30.6 Å². The van der Waals surface area contributed by atoms with Gasteiger partial charge in [-0.25, -0.2) is 9.97 Å². The summed E-state index contributed by atoms with van der Waals surface area (Å²) in [6.07, 6.45) is -0.196. The molecule has 1 amide bonds. The predicted molar refractivity (Wildman–Crippen MR) is 102 cm³/mol. The van der Waals surface area contributed by atoms with Crippen molar-refractivity contribution < 1.29 is 18.0 Å². The zero-order valence-corrected chi connectivity index (χ0v) is 16.3. The van der Waals surface area contributed by atoms with Crippen molar-refractivity contribution >= 4 is 11.7 Å². The quantitative estimate of drug-likeness (QED) is 0.820. The summed E-state index contributed by atoms with van der Waals surface area (Å²) in [6, 6.07) is 4.05. The van der Waals surface area contributed by atoms with E-state index in [0.29, 0.717) is 38.0 Å². The van der Waals surface area contributed by atoms with Gasteiger partial charge < -0.3 is 10.2 Å². The number of hydrogen-bond donors (Lipinski definition) is 1. The molecule has 0 atom stereocenters. The molecule has 1 aliphatic heterocycles. The molecule has 0 saturated carbocycles. The van der Waals surface area contributed by atoms with Crippen LogP contribution in [0.4, 0.5) is 19.0 Å². The number of halogens is 3. The summed E-state index contributed by atoms with van der Waals surface area (Å²) in [5.41, 5.74) is -0.526. The maximum absolute atomic E-state index is 13.3. The Bertz CT molecular complexity index is 836. The first-order chi connectivity index (χ1) is 13.7. The van der Waals surface area contributed by atoms with E-state index in [1.54, 1.807) is 31.1 Å². The largest absolute Gasteiger partial charge is 0.433 e. The molecule has 0 aliphatic carbocycles. The number of anilines is 1. The summed E-state index contributed by atoms with van der Waals surface area (Å²) in [5.74, 6) is 0.171. The lowest BCUT2D eigenvalue weighted by Crippen LogP contribution is -2.44. The number of amides is 1. The summed E-state index contributed by atoms with van der Waals surface area (Å²) in [7, 11) is 3.43. The highest BCUT2D eigenvalue weighted by Crippen LogP contribution is 2.31. The molecule has 0 aromatic carbocycles. The van der Waals surface area contributed by atoms with Gasteiger partial charge in [0, 0.05) is 57.3 Å². The maximum Gasteiger partial charge on any atom is 0.433 e. The van der Waals surface area contributed by atoms with Crippen molar-refractivity contribution in [1.29, 1.82) is 0 Å². The monoisotopic (exact) mass is 408 g/mol. The molecule has 10 heteroatoms. The number of carbonyl (C=O) groups excluding carboxylic acids is 1. The van der Waals surface area contributed by atoms with Gasteiger partial charge in [-0.15, -0.1) is 0 Å². The van der Waals surface area contributed by atoms with Crippen molar-refractivity contribution in [2.75, 3.05) is 39.0 Å². The number of likely N-dealkylation sites (tertiary alicyclic amines) is 1. The number of aromatic nitrogens is 3. The predicted octanol–water partition coefficient (Wildman–Crippen LogP) is 2.52. The fourth-order valence-electron chi connectivity index (χ4n) is 3.07. The van der Waals surface area contributed by atoms with Gasteiger partial charge in [-0.2, -0.15) is 13.2 Å². The fraction of sp³-hybridized carbons (Fsp3) is 0.474. The minimum Gasteiger partial charge on any atom is -0.367 e. The molecule has 2 aromatic heterocycles. The molecular weight excluding hydrogens is 385 g/mol. The molecule has 29 heavy (non-hydrogen) atoms. The van der Waals surface area contributed by atoms with Crippen LogP contribution in [0.2, 0.25) is 0 Å². The van der Waals surface area contributed by atoms with Gasteiger partial charge in [-0.1, -0.05) is 0 Å². The minimum absolute atomic E-state index is 0.00117. The lowest BCUT2D eigenvalue weighted by molar-refractivity contribution is -0.141. The van der Waals surface area contributed by atoms with Crippen molar-refractivity contribution in [3.8, 4) is 11.4 Å². The van der Waals surface area contributed by atoms with E-state index in [0.717, 1.165) is 6.07 Å². The number of piperidine rings is 1. The first kappa shape index (κ1) is 21.0. The fourth-order valence-corrected chi connectivity index (χ4v) is 3.07. The maximum atomic E-state index is 13.3. The Hall–Kier alpha value is -2.75. The first-order valence-corrected chi connectivity index (χ1v) is 9.28. The minimum atomic E-state index is -4.57. The summed E-state index contributed by atoms with van der Waals surface area (Å²) in [4.78, 5) is 27.2. The van der Waals surface area contributed by atoms with Gasteiger partial charge in [-0.3, -0.25) is 14.7 Å². The van der Waals surface area contributed by atoms with Gasteiger partial charge >= 0.3 is 6.18 Å². The van der Waals surface area contributed by atoms with Crippen LogP contribution < -0.4 is 5.32 Å². The smallest absolute Gasteiger partial charge is 0.367 e. The van der Waals surface area contributed by atoms with Gasteiger partial charge in [0.1, 0.15) is 5.82 Å². The van der Waals surface area contributed by atoms with E-state index in [4.69, 9.17) is 0 Å². The number of alkyl halides is 3. The number of hydrogen-bond acceptors (Lipinski definition) is 6. The Balaban J connectivity index is 1.72.